The Kier molecular flexibility index (Phi) is 15.6. The summed E-state index contributed by atoms with van der Waals surface area (Å²) in [4.78, 5) is 64.4. The summed E-state index contributed by atoms with van der Waals surface area (Å²) in [6, 6.07) is 16.8. The first kappa shape index (κ1) is 49.4. The molecule has 8 rings (SSSR count). The number of hydrogen-bond acceptors (Lipinski definition) is 10. The third-order valence-electron chi connectivity index (χ3n) is 14.5. The molecular formula is C54H71FN8O6. The van der Waals surface area contributed by atoms with Crippen molar-refractivity contribution in [1.82, 2.24) is 25.1 Å². The number of anilines is 1. The van der Waals surface area contributed by atoms with Crippen molar-refractivity contribution < 1.29 is 33.0 Å². The van der Waals surface area contributed by atoms with Crippen molar-refractivity contribution in [1.29, 1.82) is 0 Å². The average molecular weight is 947 g/mol. The predicted octanol–water partition coefficient (Wildman–Crippen LogP) is 10.3. The zero-order valence-corrected chi connectivity index (χ0v) is 41.7. The van der Waals surface area contributed by atoms with Crippen molar-refractivity contribution in [3.05, 3.63) is 82.9 Å². The summed E-state index contributed by atoms with van der Waals surface area (Å²) < 4.78 is 32.5. The van der Waals surface area contributed by atoms with E-state index in [2.05, 4.69) is 57.4 Å². The maximum atomic E-state index is 16.2. The Morgan fingerprint density at radius 1 is 0.884 bits per heavy atom. The van der Waals surface area contributed by atoms with Crippen LogP contribution in [0.1, 0.15) is 140 Å². The molecule has 3 aromatic carbocycles. The van der Waals surface area contributed by atoms with Gasteiger partial charge in [0.15, 0.2) is 17.5 Å². The van der Waals surface area contributed by atoms with Gasteiger partial charge in [0.25, 0.3) is 0 Å². The van der Waals surface area contributed by atoms with E-state index in [1.54, 1.807) is 26.2 Å². The predicted molar refractivity (Wildman–Crippen MR) is 268 cm³/mol. The van der Waals surface area contributed by atoms with E-state index < -0.39 is 18.2 Å². The van der Waals surface area contributed by atoms with Gasteiger partial charge in [0.2, 0.25) is 11.8 Å². The first-order valence-corrected chi connectivity index (χ1v) is 25.2. The number of halogens is 1. The number of aliphatic imine (C=N–C) groups is 2. The second-order valence-electron chi connectivity index (χ2n) is 20.0. The summed E-state index contributed by atoms with van der Waals surface area (Å²) in [7, 11) is 2.87. The number of rotatable bonds is 16. The van der Waals surface area contributed by atoms with Gasteiger partial charge in [-0.25, -0.2) is 19.2 Å². The summed E-state index contributed by atoms with van der Waals surface area (Å²) in [5.74, 6) is 0.813. The van der Waals surface area contributed by atoms with Gasteiger partial charge in [0.05, 0.1) is 61.7 Å². The number of aryl methyl sites for hydroxylation is 1. The molecule has 3 amide bonds. The van der Waals surface area contributed by atoms with Crippen LogP contribution in [0, 0.1) is 17.7 Å². The molecular weight excluding hydrogens is 876 g/mol. The molecule has 1 saturated carbocycles. The first-order valence-electron chi connectivity index (χ1n) is 25.2. The zero-order valence-electron chi connectivity index (χ0n) is 41.7. The number of nitrogens with one attached hydrogen (secondary N) is 2. The van der Waals surface area contributed by atoms with Crippen LogP contribution in [0.5, 0.6) is 5.75 Å². The molecule has 0 spiro atoms. The van der Waals surface area contributed by atoms with Crippen LogP contribution in [0.15, 0.2) is 64.6 Å². The quantitative estimate of drug-likeness (QED) is 0.0831. The van der Waals surface area contributed by atoms with Gasteiger partial charge in [0.1, 0.15) is 17.9 Å². The lowest BCUT2D eigenvalue weighted by Gasteiger charge is -2.34. The Morgan fingerprint density at radius 3 is 2.30 bits per heavy atom. The van der Waals surface area contributed by atoms with Crippen molar-refractivity contribution in [3.8, 4) is 5.75 Å². The second-order valence-corrected chi connectivity index (χ2v) is 20.0. The van der Waals surface area contributed by atoms with Gasteiger partial charge in [-0.2, -0.15) is 0 Å². The van der Waals surface area contributed by atoms with E-state index in [4.69, 9.17) is 24.2 Å². The number of alkyl carbamates (subject to hydrolysis) is 1. The minimum absolute atomic E-state index is 0.0139. The molecule has 2 N–H and O–H groups in total. The lowest BCUT2D eigenvalue weighted by molar-refractivity contribution is -0.135. The minimum Gasteiger partial charge on any atom is -0.487 e. The fraction of sp³-hybridized carbons (Fsp3) is 0.556. The molecule has 69 heavy (non-hydrogen) atoms. The molecule has 0 radical (unpaired) electrons. The number of nitrogens with zero attached hydrogens (tertiary/aromatic N) is 6. The third-order valence-corrected chi connectivity index (χ3v) is 14.5. The molecule has 14 nitrogen and oxygen atoms in total. The molecule has 15 heteroatoms. The van der Waals surface area contributed by atoms with E-state index in [0.717, 1.165) is 115 Å². The fourth-order valence-electron chi connectivity index (χ4n) is 10.9. The number of carbonyl (C=O) groups is 3. The fourth-order valence-corrected chi connectivity index (χ4v) is 10.9. The van der Waals surface area contributed by atoms with Crippen LogP contribution < -0.4 is 15.0 Å². The molecule has 3 fully saturated rings. The van der Waals surface area contributed by atoms with Crippen molar-refractivity contribution in [2.75, 3.05) is 32.2 Å². The SMILES string of the molecule is CCCN(Cc1nc2ccc(C3CCC(c4ccc5c(c4)CCC(C4CCCN4C(=O)C(NC(=O)OC)C(C)C)=N5)N3c3ccc(OC4CCCC4)c(F)c3)cc2[nH]1)C(=O)C(N=C(C)OC)C(C)C. The highest BCUT2D eigenvalue weighted by Crippen LogP contribution is 2.49. The lowest BCUT2D eigenvalue weighted by atomic mass is 9.92. The monoisotopic (exact) mass is 947 g/mol. The van der Waals surface area contributed by atoms with E-state index in [1.165, 1.54) is 7.11 Å². The van der Waals surface area contributed by atoms with Gasteiger partial charge in [0, 0.05) is 37.5 Å². The number of likely N-dealkylation sites (tertiary alicyclic amines) is 1. The normalized spacial score (nSPS) is 20.6. The first-order chi connectivity index (χ1) is 33.3. The number of benzene rings is 3. The molecule has 4 aromatic rings. The van der Waals surface area contributed by atoms with Crippen LogP contribution in [0.3, 0.4) is 0 Å². The van der Waals surface area contributed by atoms with Crippen LogP contribution in [0.25, 0.3) is 11.0 Å². The number of imidazole rings is 1. The van der Waals surface area contributed by atoms with Crippen LogP contribution in [0.4, 0.5) is 20.6 Å². The Morgan fingerprint density at radius 2 is 1.62 bits per heavy atom. The number of methoxy groups -OCH3 is 2. The number of carbonyl (C=O) groups excluding carboxylic acids is 3. The number of H-pyrrole nitrogens is 1. The Bertz CT molecular complexity index is 2550. The number of amides is 3. The molecule has 5 unspecified atom stereocenters. The maximum Gasteiger partial charge on any atom is 0.407 e. The van der Waals surface area contributed by atoms with Crippen molar-refractivity contribution in [2.24, 2.45) is 21.8 Å². The summed E-state index contributed by atoms with van der Waals surface area (Å²) in [6.45, 7) is 13.2. The van der Waals surface area contributed by atoms with Gasteiger partial charge in [-0.05, 0) is 129 Å². The molecule has 1 aliphatic carbocycles. The van der Waals surface area contributed by atoms with Crippen molar-refractivity contribution >= 4 is 51.9 Å². The van der Waals surface area contributed by atoms with E-state index in [-0.39, 0.29) is 53.7 Å². The smallest absolute Gasteiger partial charge is 0.407 e. The number of aromatic amines is 1. The zero-order chi connectivity index (χ0) is 48.9. The second kappa shape index (κ2) is 21.8. The summed E-state index contributed by atoms with van der Waals surface area (Å²) in [5.41, 5.74) is 7.75. The summed E-state index contributed by atoms with van der Waals surface area (Å²) >= 11 is 0. The highest BCUT2D eigenvalue weighted by molar-refractivity contribution is 5.98. The van der Waals surface area contributed by atoms with Gasteiger partial charge in [-0.15, -0.1) is 0 Å². The summed E-state index contributed by atoms with van der Waals surface area (Å²) in [6.07, 6.45) is 9.18. The third kappa shape index (κ3) is 10.9. The molecule has 4 aliphatic rings. The van der Waals surface area contributed by atoms with Gasteiger partial charge < -0.3 is 39.2 Å². The molecule has 4 heterocycles. The maximum absolute atomic E-state index is 16.2. The minimum atomic E-state index is -0.688. The number of hydrogen-bond donors (Lipinski definition) is 2. The molecule has 1 aromatic heterocycles. The lowest BCUT2D eigenvalue weighted by Crippen LogP contribution is -2.53. The van der Waals surface area contributed by atoms with Gasteiger partial charge >= 0.3 is 6.09 Å². The Labute approximate surface area is 406 Å². The van der Waals surface area contributed by atoms with Gasteiger partial charge in [-0.1, -0.05) is 52.8 Å². The van der Waals surface area contributed by atoms with E-state index in [9.17, 15) is 14.4 Å². The topological polar surface area (TPSA) is 154 Å². The number of ether oxygens (including phenoxy) is 3. The van der Waals surface area contributed by atoms with Gasteiger partial charge in [-0.3, -0.25) is 14.6 Å². The van der Waals surface area contributed by atoms with Crippen LogP contribution in [-0.2, 0) is 32.0 Å². The van der Waals surface area contributed by atoms with E-state index in [1.807, 2.05) is 49.6 Å². The molecule has 370 valence electrons. The Hall–Kier alpha value is -5.99. The highest BCUT2D eigenvalue weighted by Gasteiger charge is 2.40. The molecule has 5 atom stereocenters. The van der Waals surface area contributed by atoms with Crippen molar-refractivity contribution in [2.45, 2.75) is 155 Å². The van der Waals surface area contributed by atoms with E-state index in [0.29, 0.717) is 37.1 Å². The van der Waals surface area contributed by atoms with Crippen LogP contribution in [0.2, 0.25) is 0 Å². The highest BCUT2D eigenvalue weighted by atomic mass is 19.1. The largest absolute Gasteiger partial charge is 0.487 e. The van der Waals surface area contributed by atoms with Crippen LogP contribution in [-0.4, -0.2) is 101 Å². The standard InChI is InChI=1S/C54H71FN8O6/c1-9-26-61(52(64)50(32(2)3)56-34(6)67-7)31-49-58-42-21-18-37(29-44(42)59-49)46-24-23-45(63(46)38-19-25-48(40(55)30-38)69-39-13-10-11-14-39)36-17-20-41-35(28-36)16-22-43(57-41)47-15-12-27-62(47)53(65)51(33(4)5)60-54(66)68-8/h17-21,25,28-30,32-33,39,45-47,50-51H,9-16,22-24,26-27,31H2,1-8H3,(H,58,59)(H,60,66). The van der Waals surface area contributed by atoms with E-state index >= 15 is 4.39 Å². The molecule has 2 saturated heterocycles. The number of aromatic nitrogens is 2. The van der Waals surface area contributed by atoms with Crippen LogP contribution >= 0.6 is 0 Å². The molecule has 3 aliphatic heterocycles. The molecule has 0 bridgehead atoms. The summed E-state index contributed by atoms with van der Waals surface area (Å²) in [5, 5.41) is 2.75. The number of fused-ring (bicyclic) bond motifs is 2. The van der Waals surface area contributed by atoms with Crippen molar-refractivity contribution in [3.63, 3.8) is 0 Å². The Balaban J connectivity index is 1.07. The average Bonchev–Trinajstić information content (AvgIpc) is 4.19.